The topological polar surface area (TPSA) is 32.3 Å². The molecule has 0 aliphatic heterocycles. The molecule has 1 N–H and O–H groups in total. The molecule has 0 fully saturated rings. The Bertz CT molecular complexity index is 190. The SMILES string of the molecule is CC(C)CN(CC(C)C)C(=O)CNC(C)C. The van der Waals surface area contributed by atoms with Crippen molar-refractivity contribution in [3.63, 3.8) is 0 Å². The van der Waals surface area contributed by atoms with E-state index in [1.54, 1.807) is 0 Å². The minimum absolute atomic E-state index is 0.219. The van der Waals surface area contributed by atoms with Crippen LogP contribution in [0.4, 0.5) is 0 Å². The molecule has 0 heterocycles. The summed E-state index contributed by atoms with van der Waals surface area (Å²) in [5.41, 5.74) is 0. The monoisotopic (exact) mass is 228 g/mol. The van der Waals surface area contributed by atoms with Gasteiger partial charge in [0.1, 0.15) is 0 Å². The van der Waals surface area contributed by atoms with Crippen LogP contribution < -0.4 is 5.32 Å². The summed E-state index contributed by atoms with van der Waals surface area (Å²) >= 11 is 0. The van der Waals surface area contributed by atoms with Crippen LogP contribution in [0.1, 0.15) is 41.5 Å². The van der Waals surface area contributed by atoms with Crippen molar-refractivity contribution in [1.29, 1.82) is 0 Å². The van der Waals surface area contributed by atoms with E-state index in [2.05, 4.69) is 46.9 Å². The summed E-state index contributed by atoms with van der Waals surface area (Å²) < 4.78 is 0. The first-order valence-electron chi connectivity index (χ1n) is 6.34. The van der Waals surface area contributed by atoms with Crippen LogP contribution in [0.5, 0.6) is 0 Å². The fourth-order valence-electron chi connectivity index (χ4n) is 1.56. The Morgan fingerprint density at radius 2 is 1.44 bits per heavy atom. The Kier molecular flexibility index (Phi) is 7.39. The second kappa shape index (κ2) is 7.66. The molecular weight excluding hydrogens is 200 g/mol. The van der Waals surface area contributed by atoms with Gasteiger partial charge in [0.2, 0.25) is 5.91 Å². The highest BCUT2D eigenvalue weighted by molar-refractivity contribution is 5.78. The largest absolute Gasteiger partial charge is 0.341 e. The van der Waals surface area contributed by atoms with Gasteiger partial charge in [0.05, 0.1) is 6.54 Å². The molecule has 3 nitrogen and oxygen atoms in total. The smallest absolute Gasteiger partial charge is 0.236 e. The van der Waals surface area contributed by atoms with Crippen LogP contribution in [-0.2, 0) is 4.79 Å². The predicted octanol–water partition coefficient (Wildman–Crippen LogP) is 2.12. The number of hydrogen-bond donors (Lipinski definition) is 1. The maximum atomic E-state index is 12.0. The lowest BCUT2D eigenvalue weighted by molar-refractivity contribution is -0.131. The first-order valence-corrected chi connectivity index (χ1v) is 6.34. The zero-order chi connectivity index (χ0) is 12.7. The van der Waals surface area contributed by atoms with E-state index in [9.17, 15) is 4.79 Å². The maximum absolute atomic E-state index is 12.0. The summed E-state index contributed by atoms with van der Waals surface area (Å²) in [7, 11) is 0. The second-order valence-corrected chi connectivity index (χ2v) is 5.62. The van der Waals surface area contributed by atoms with Gasteiger partial charge in [-0.1, -0.05) is 41.5 Å². The number of hydrogen-bond acceptors (Lipinski definition) is 2. The van der Waals surface area contributed by atoms with E-state index in [4.69, 9.17) is 0 Å². The maximum Gasteiger partial charge on any atom is 0.236 e. The van der Waals surface area contributed by atoms with Gasteiger partial charge >= 0.3 is 0 Å². The minimum atomic E-state index is 0.219. The third kappa shape index (κ3) is 7.69. The lowest BCUT2D eigenvalue weighted by Crippen LogP contribution is -2.43. The van der Waals surface area contributed by atoms with Gasteiger partial charge in [0.25, 0.3) is 0 Å². The molecule has 0 saturated heterocycles. The third-order valence-corrected chi connectivity index (χ3v) is 2.19. The van der Waals surface area contributed by atoms with Crippen LogP contribution in [0, 0.1) is 11.8 Å². The van der Waals surface area contributed by atoms with Gasteiger partial charge in [-0.15, -0.1) is 0 Å². The van der Waals surface area contributed by atoms with Crippen molar-refractivity contribution in [2.45, 2.75) is 47.6 Å². The Labute approximate surface area is 101 Å². The molecule has 16 heavy (non-hydrogen) atoms. The lowest BCUT2D eigenvalue weighted by atomic mass is 10.1. The van der Waals surface area contributed by atoms with Crippen molar-refractivity contribution < 1.29 is 4.79 Å². The third-order valence-electron chi connectivity index (χ3n) is 2.19. The van der Waals surface area contributed by atoms with Gasteiger partial charge in [-0.05, 0) is 11.8 Å². The average Bonchev–Trinajstić information content (AvgIpc) is 2.11. The van der Waals surface area contributed by atoms with Crippen molar-refractivity contribution in [1.82, 2.24) is 10.2 Å². The number of rotatable bonds is 7. The quantitative estimate of drug-likeness (QED) is 0.724. The van der Waals surface area contributed by atoms with E-state index in [1.807, 2.05) is 4.90 Å². The van der Waals surface area contributed by atoms with Gasteiger partial charge in [-0.3, -0.25) is 4.79 Å². The van der Waals surface area contributed by atoms with Gasteiger partial charge in [-0.25, -0.2) is 0 Å². The Morgan fingerprint density at radius 1 is 1.00 bits per heavy atom. The highest BCUT2D eigenvalue weighted by atomic mass is 16.2. The summed E-state index contributed by atoms with van der Waals surface area (Å²) in [6, 6.07) is 0.365. The average molecular weight is 228 g/mol. The predicted molar refractivity (Wildman–Crippen MR) is 69.4 cm³/mol. The summed E-state index contributed by atoms with van der Waals surface area (Å²) in [6.45, 7) is 14.9. The van der Waals surface area contributed by atoms with Crippen molar-refractivity contribution in [2.24, 2.45) is 11.8 Å². The van der Waals surface area contributed by atoms with Crippen molar-refractivity contribution >= 4 is 5.91 Å². The highest BCUT2D eigenvalue weighted by Gasteiger charge is 2.15. The molecule has 3 heteroatoms. The van der Waals surface area contributed by atoms with Gasteiger partial charge in [0.15, 0.2) is 0 Å². The van der Waals surface area contributed by atoms with E-state index in [0.29, 0.717) is 24.4 Å². The van der Waals surface area contributed by atoms with Crippen LogP contribution in [0.15, 0.2) is 0 Å². The lowest BCUT2D eigenvalue weighted by Gasteiger charge is -2.27. The van der Waals surface area contributed by atoms with Gasteiger partial charge < -0.3 is 10.2 Å². The van der Waals surface area contributed by atoms with E-state index >= 15 is 0 Å². The number of amides is 1. The molecule has 0 rings (SSSR count). The zero-order valence-electron chi connectivity index (χ0n) is 11.7. The normalized spacial score (nSPS) is 11.6. The van der Waals surface area contributed by atoms with Gasteiger partial charge in [-0.2, -0.15) is 0 Å². The van der Waals surface area contributed by atoms with Crippen molar-refractivity contribution in [3.8, 4) is 0 Å². The molecule has 0 radical (unpaired) electrons. The van der Waals surface area contributed by atoms with Crippen LogP contribution in [0.3, 0.4) is 0 Å². The molecule has 0 aromatic heterocycles. The van der Waals surface area contributed by atoms with E-state index < -0.39 is 0 Å². The number of carbonyl (C=O) groups excluding carboxylic acids is 1. The summed E-state index contributed by atoms with van der Waals surface area (Å²) in [5.74, 6) is 1.28. The molecule has 0 atom stereocenters. The Balaban J connectivity index is 4.20. The van der Waals surface area contributed by atoms with E-state index in [0.717, 1.165) is 13.1 Å². The van der Waals surface area contributed by atoms with Crippen LogP contribution in [0.25, 0.3) is 0 Å². The molecular formula is C13H28N2O. The second-order valence-electron chi connectivity index (χ2n) is 5.62. The molecule has 0 unspecified atom stereocenters. The summed E-state index contributed by atoms with van der Waals surface area (Å²) in [5, 5.41) is 3.18. The van der Waals surface area contributed by atoms with Crippen molar-refractivity contribution in [3.05, 3.63) is 0 Å². The summed E-state index contributed by atoms with van der Waals surface area (Å²) in [4.78, 5) is 14.0. The van der Waals surface area contributed by atoms with E-state index in [1.165, 1.54) is 0 Å². The molecule has 0 aromatic carbocycles. The Hall–Kier alpha value is -0.570. The number of nitrogens with one attached hydrogen (secondary N) is 1. The molecule has 96 valence electrons. The standard InChI is InChI=1S/C13H28N2O/c1-10(2)8-15(9-11(3)4)13(16)7-14-12(5)6/h10-12,14H,7-9H2,1-6H3. The molecule has 0 saturated carbocycles. The van der Waals surface area contributed by atoms with Crippen LogP contribution in [0.2, 0.25) is 0 Å². The highest BCUT2D eigenvalue weighted by Crippen LogP contribution is 2.04. The first kappa shape index (κ1) is 15.4. The molecule has 0 spiro atoms. The van der Waals surface area contributed by atoms with Gasteiger partial charge in [0, 0.05) is 19.1 Å². The molecule has 0 aromatic rings. The van der Waals surface area contributed by atoms with Crippen molar-refractivity contribution in [2.75, 3.05) is 19.6 Å². The Morgan fingerprint density at radius 3 is 1.75 bits per heavy atom. The molecule has 0 aliphatic carbocycles. The molecule has 0 bridgehead atoms. The molecule has 0 aliphatic rings. The fraction of sp³-hybridized carbons (Fsp3) is 0.923. The summed E-state index contributed by atoms with van der Waals surface area (Å²) in [6.07, 6.45) is 0. The van der Waals surface area contributed by atoms with Crippen LogP contribution >= 0.6 is 0 Å². The number of carbonyl (C=O) groups is 1. The molecule has 1 amide bonds. The zero-order valence-corrected chi connectivity index (χ0v) is 11.7. The van der Waals surface area contributed by atoms with Crippen LogP contribution in [-0.4, -0.2) is 36.5 Å². The van der Waals surface area contributed by atoms with E-state index in [-0.39, 0.29) is 5.91 Å². The minimum Gasteiger partial charge on any atom is -0.341 e. The first-order chi connectivity index (χ1) is 7.32. The fourth-order valence-corrected chi connectivity index (χ4v) is 1.56. The number of nitrogens with zero attached hydrogens (tertiary/aromatic N) is 1.